The Morgan fingerprint density at radius 2 is 1.95 bits per heavy atom. The zero-order valence-electron chi connectivity index (χ0n) is 14.9. The molecule has 0 heterocycles. The molecular weight excluding hydrogens is 272 g/mol. The monoisotopic (exact) mass is 306 g/mol. The van der Waals surface area contributed by atoms with Crippen LogP contribution in [0.4, 0.5) is 0 Å². The first-order valence-corrected chi connectivity index (χ1v) is 8.76. The van der Waals surface area contributed by atoms with Gasteiger partial charge in [0, 0.05) is 0 Å². The minimum atomic E-state index is -0.835. The lowest BCUT2D eigenvalue weighted by Gasteiger charge is -2.59. The average molecular weight is 306 g/mol. The topological polar surface area (TPSA) is 40.5 Å². The number of hydrogen-bond acceptors (Lipinski definition) is 2. The summed E-state index contributed by atoms with van der Waals surface area (Å²) in [6.45, 7) is 16.9. The molecular formula is C20H34O2. The van der Waals surface area contributed by atoms with Gasteiger partial charge in [-0.05, 0) is 67.3 Å². The Hall–Kier alpha value is -0.600. The van der Waals surface area contributed by atoms with Crippen LogP contribution < -0.4 is 0 Å². The van der Waals surface area contributed by atoms with E-state index in [1.165, 1.54) is 19.3 Å². The third-order valence-electron chi connectivity index (χ3n) is 6.79. The number of hydrogen-bond donors (Lipinski definition) is 2. The van der Waals surface area contributed by atoms with Crippen molar-refractivity contribution in [2.75, 3.05) is 0 Å². The molecule has 0 aromatic heterocycles. The fraction of sp³-hybridized carbons (Fsp3) is 0.800. The van der Waals surface area contributed by atoms with Gasteiger partial charge in [0.1, 0.15) is 0 Å². The highest BCUT2D eigenvalue weighted by Crippen LogP contribution is 2.61. The number of aliphatic hydroxyl groups excluding tert-OH is 1. The van der Waals surface area contributed by atoms with Gasteiger partial charge < -0.3 is 10.2 Å². The lowest BCUT2D eigenvalue weighted by molar-refractivity contribution is -0.0868. The molecule has 2 N–H and O–H groups in total. The van der Waals surface area contributed by atoms with E-state index < -0.39 is 11.7 Å². The molecule has 0 spiro atoms. The van der Waals surface area contributed by atoms with Crippen molar-refractivity contribution in [1.82, 2.24) is 0 Å². The van der Waals surface area contributed by atoms with Crippen LogP contribution in [0.3, 0.4) is 0 Å². The van der Waals surface area contributed by atoms with Gasteiger partial charge in [-0.2, -0.15) is 0 Å². The highest BCUT2D eigenvalue weighted by atomic mass is 16.3. The highest BCUT2D eigenvalue weighted by molar-refractivity contribution is 5.20. The summed E-state index contributed by atoms with van der Waals surface area (Å²) in [5.74, 6) is 0.806. The molecule has 2 nitrogen and oxygen atoms in total. The Bertz CT molecular complexity index is 449. The Balaban J connectivity index is 2.28. The van der Waals surface area contributed by atoms with Gasteiger partial charge in [-0.1, -0.05) is 39.8 Å². The van der Waals surface area contributed by atoms with Crippen molar-refractivity contribution in [2.45, 2.75) is 77.9 Å². The van der Waals surface area contributed by atoms with Crippen molar-refractivity contribution < 1.29 is 10.2 Å². The van der Waals surface area contributed by atoms with Gasteiger partial charge in [-0.15, -0.1) is 6.58 Å². The van der Waals surface area contributed by atoms with Gasteiger partial charge in [-0.25, -0.2) is 0 Å². The summed E-state index contributed by atoms with van der Waals surface area (Å²) in [7, 11) is 0. The van der Waals surface area contributed by atoms with Gasteiger partial charge in [0.05, 0.1) is 11.7 Å². The molecule has 22 heavy (non-hydrogen) atoms. The van der Waals surface area contributed by atoms with Crippen LogP contribution in [0, 0.1) is 22.7 Å². The molecule has 0 aromatic rings. The van der Waals surface area contributed by atoms with Crippen LogP contribution in [-0.4, -0.2) is 21.9 Å². The second kappa shape index (κ2) is 5.79. The summed E-state index contributed by atoms with van der Waals surface area (Å²) in [4.78, 5) is 0. The smallest absolute Gasteiger partial charge is 0.0797 e. The standard InChI is InChI=1S/C20H34O2/c1-7-19(5,22)12-9-15-14(2)16(21)13-17-18(3,4)10-8-11-20(15,17)6/h7,15-17,21-22H,1-2,8-13H2,3-6H3/t15-,16-,17-,19+,20-/m0/s1. The molecule has 0 bridgehead atoms. The van der Waals surface area contributed by atoms with Crippen LogP contribution in [0.1, 0.15) is 66.2 Å². The zero-order chi connectivity index (χ0) is 16.8. The summed E-state index contributed by atoms with van der Waals surface area (Å²) < 4.78 is 0. The number of aliphatic hydroxyl groups is 2. The summed E-state index contributed by atoms with van der Waals surface area (Å²) in [5.41, 5.74) is 0.610. The first-order valence-electron chi connectivity index (χ1n) is 8.76. The van der Waals surface area contributed by atoms with Gasteiger partial charge in [-0.3, -0.25) is 0 Å². The first-order chi connectivity index (χ1) is 10.0. The largest absolute Gasteiger partial charge is 0.389 e. The number of fused-ring (bicyclic) bond motifs is 1. The SMILES string of the molecule is C=C[C@@](C)(O)CC[C@H]1C(=C)[C@@H](O)C[C@H]2C(C)(C)CCC[C@@]12C. The third kappa shape index (κ3) is 3.05. The van der Waals surface area contributed by atoms with Gasteiger partial charge >= 0.3 is 0 Å². The summed E-state index contributed by atoms with van der Waals surface area (Å²) in [5, 5.41) is 20.8. The fourth-order valence-electron chi connectivity index (χ4n) is 5.26. The Morgan fingerprint density at radius 1 is 1.32 bits per heavy atom. The maximum atomic E-state index is 10.5. The van der Waals surface area contributed by atoms with E-state index in [-0.39, 0.29) is 16.7 Å². The lowest BCUT2D eigenvalue weighted by Crippen LogP contribution is -2.53. The van der Waals surface area contributed by atoms with Crippen molar-refractivity contribution in [3.05, 3.63) is 24.8 Å². The Morgan fingerprint density at radius 3 is 2.55 bits per heavy atom. The molecule has 0 saturated heterocycles. The van der Waals surface area contributed by atoms with E-state index in [1.807, 2.05) is 6.92 Å². The molecule has 2 aliphatic carbocycles. The van der Waals surface area contributed by atoms with Crippen molar-refractivity contribution in [3.63, 3.8) is 0 Å². The molecule has 2 fully saturated rings. The lowest BCUT2D eigenvalue weighted by atomic mass is 9.46. The van der Waals surface area contributed by atoms with E-state index in [4.69, 9.17) is 0 Å². The molecule has 0 aromatic carbocycles. The summed E-state index contributed by atoms with van der Waals surface area (Å²) in [6, 6.07) is 0. The maximum absolute atomic E-state index is 10.5. The van der Waals surface area contributed by atoms with E-state index in [9.17, 15) is 10.2 Å². The van der Waals surface area contributed by atoms with E-state index in [0.717, 1.165) is 18.4 Å². The minimum absolute atomic E-state index is 0.190. The first kappa shape index (κ1) is 17.7. The average Bonchev–Trinajstić information content (AvgIpc) is 2.41. The Kier molecular flexibility index (Phi) is 4.68. The van der Waals surface area contributed by atoms with Gasteiger partial charge in [0.15, 0.2) is 0 Å². The third-order valence-corrected chi connectivity index (χ3v) is 6.79. The van der Waals surface area contributed by atoms with E-state index in [1.54, 1.807) is 6.08 Å². The van der Waals surface area contributed by atoms with Crippen LogP contribution in [0.15, 0.2) is 24.8 Å². The predicted octanol–water partition coefficient (Wildman–Crippen LogP) is 4.47. The molecule has 0 aliphatic heterocycles. The molecule has 0 amide bonds. The normalized spacial score (nSPS) is 40.6. The predicted molar refractivity (Wildman–Crippen MR) is 92.5 cm³/mol. The molecule has 0 radical (unpaired) electrons. The number of rotatable bonds is 4. The van der Waals surface area contributed by atoms with Crippen LogP contribution in [0.2, 0.25) is 0 Å². The molecule has 0 unspecified atom stereocenters. The molecule has 2 saturated carbocycles. The molecule has 2 heteroatoms. The van der Waals surface area contributed by atoms with Gasteiger partial charge in [0.2, 0.25) is 0 Å². The molecule has 5 atom stereocenters. The summed E-state index contributed by atoms with van der Waals surface area (Å²) >= 11 is 0. The zero-order valence-corrected chi connectivity index (χ0v) is 14.9. The minimum Gasteiger partial charge on any atom is -0.389 e. The highest BCUT2D eigenvalue weighted by Gasteiger charge is 2.54. The maximum Gasteiger partial charge on any atom is 0.0797 e. The van der Waals surface area contributed by atoms with Crippen LogP contribution in [0.25, 0.3) is 0 Å². The van der Waals surface area contributed by atoms with E-state index in [0.29, 0.717) is 12.3 Å². The molecule has 2 rings (SSSR count). The van der Waals surface area contributed by atoms with E-state index in [2.05, 4.69) is 33.9 Å². The second-order valence-electron chi connectivity index (χ2n) is 8.88. The molecule has 2 aliphatic rings. The second-order valence-corrected chi connectivity index (χ2v) is 8.88. The van der Waals surface area contributed by atoms with Crippen LogP contribution in [0.5, 0.6) is 0 Å². The van der Waals surface area contributed by atoms with Gasteiger partial charge in [0.25, 0.3) is 0 Å². The van der Waals surface area contributed by atoms with Crippen molar-refractivity contribution in [2.24, 2.45) is 22.7 Å². The van der Waals surface area contributed by atoms with Crippen LogP contribution >= 0.6 is 0 Å². The van der Waals surface area contributed by atoms with Crippen molar-refractivity contribution >= 4 is 0 Å². The van der Waals surface area contributed by atoms with Crippen molar-refractivity contribution in [1.29, 1.82) is 0 Å². The van der Waals surface area contributed by atoms with E-state index >= 15 is 0 Å². The Labute approximate surface area is 136 Å². The van der Waals surface area contributed by atoms with Crippen molar-refractivity contribution in [3.8, 4) is 0 Å². The summed E-state index contributed by atoms with van der Waals surface area (Å²) in [6.07, 6.45) is 7.31. The quantitative estimate of drug-likeness (QED) is 0.752. The fourth-order valence-corrected chi connectivity index (χ4v) is 5.26. The van der Waals surface area contributed by atoms with Crippen LogP contribution in [-0.2, 0) is 0 Å². The molecule has 126 valence electrons.